The molecule has 0 spiro atoms. The van der Waals surface area contributed by atoms with E-state index >= 15 is 0 Å². The topological polar surface area (TPSA) is 38.1 Å². The van der Waals surface area contributed by atoms with Crippen molar-refractivity contribution < 1.29 is 18.0 Å². The predicted octanol–water partition coefficient (Wildman–Crippen LogP) is 3.50. The van der Waals surface area contributed by atoms with Crippen LogP contribution in [0, 0.1) is 0 Å². The van der Waals surface area contributed by atoms with Crippen molar-refractivity contribution in [2.24, 2.45) is 7.05 Å². The van der Waals surface area contributed by atoms with Gasteiger partial charge < -0.3 is 9.47 Å². The van der Waals surface area contributed by atoms with Gasteiger partial charge in [0.25, 0.3) is 5.91 Å². The fourth-order valence-electron chi connectivity index (χ4n) is 2.25. The quantitative estimate of drug-likeness (QED) is 0.863. The predicted molar refractivity (Wildman–Crippen MR) is 80.9 cm³/mol. The van der Waals surface area contributed by atoms with Crippen molar-refractivity contribution >= 4 is 5.91 Å². The minimum atomic E-state index is -4.42. The van der Waals surface area contributed by atoms with Gasteiger partial charge in [0.1, 0.15) is 12.4 Å². The molecular weight excluding hydrogens is 307 g/mol. The highest BCUT2D eigenvalue weighted by Crippen LogP contribution is 2.22. The number of aryl methyl sites for hydroxylation is 1. The second kappa shape index (κ2) is 6.44. The molecule has 0 aliphatic rings. The van der Waals surface area contributed by atoms with Crippen molar-refractivity contribution in [3.05, 3.63) is 42.2 Å². The van der Waals surface area contributed by atoms with Crippen LogP contribution in [0.5, 0.6) is 0 Å². The summed E-state index contributed by atoms with van der Waals surface area (Å²) in [5.74, 6) is 0.0868. The van der Waals surface area contributed by atoms with Crippen molar-refractivity contribution in [1.29, 1.82) is 0 Å². The molecule has 0 radical (unpaired) electrons. The van der Waals surface area contributed by atoms with E-state index in [0.717, 1.165) is 16.3 Å². The lowest BCUT2D eigenvalue weighted by Gasteiger charge is -2.27. The Hall–Kier alpha value is -2.31. The maximum Gasteiger partial charge on any atom is 0.406 e. The van der Waals surface area contributed by atoms with Crippen LogP contribution in [-0.4, -0.2) is 39.1 Å². The maximum absolute atomic E-state index is 12.6. The second-order valence-corrected chi connectivity index (χ2v) is 5.58. The van der Waals surface area contributed by atoms with E-state index in [1.807, 2.05) is 11.6 Å². The van der Waals surface area contributed by atoms with Gasteiger partial charge in [-0.05, 0) is 26.0 Å². The number of carbonyl (C=O) groups is 1. The fraction of sp³-hybridized carbons (Fsp3) is 0.375. The molecule has 0 aliphatic carbocycles. The molecule has 0 atom stereocenters. The first-order chi connectivity index (χ1) is 10.7. The summed E-state index contributed by atoms with van der Waals surface area (Å²) in [6.45, 7) is 1.86. The number of rotatable bonds is 4. The van der Waals surface area contributed by atoms with Crippen LogP contribution in [0.3, 0.4) is 0 Å². The largest absolute Gasteiger partial charge is 0.406 e. The van der Waals surface area contributed by atoms with E-state index in [9.17, 15) is 18.0 Å². The maximum atomic E-state index is 12.6. The average molecular weight is 325 g/mol. The molecule has 0 unspecified atom stereocenters. The number of carbonyl (C=O) groups excluding carboxylic acids is 1. The highest BCUT2D eigenvalue weighted by molar-refractivity contribution is 5.94. The molecular formula is C16H18F3N3O. The molecule has 0 bridgehead atoms. The molecule has 0 saturated heterocycles. The molecule has 0 N–H and O–H groups in total. The van der Waals surface area contributed by atoms with E-state index < -0.39 is 24.7 Å². The van der Waals surface area contributed by atoms with Gasteiger partial charge in [0.2, 0.25) is 0 Å². The van der Waals surface area contributed by atoms with Crippen LogP contribution in [0.15, 0.2) is 36.7 Å². The SMILES string of the molecule is CC(C)N(CC(F)(F)F)C(=O)c1ccc(-c2nccn2C)cc1. The summed E-state index contributed by atoms with van der Waals surface area (Å²) < 4.78 is 39.7. The van der Waals surface area contributed by atoms with Gasteiger partial charge in [-0.25, -0.2) is 4.98 Å². The van der Waals surface area contributed by atoms with Crippen LogP contribution in [-0.2, 0) is 7.05 Å². The van der Waals surface area contributed by atoms with Gasteiger partial charge in [-0.15, -0.1) is 0 Å². The van der Waals surface area contributed by atoms with Crippen molar-refractivity contribution in [2.45, 2.75) is 26.1 Å². The van der Waals surface area contributed by atoms with Gasteiger partial charge in [0.15, 0.2) is 0 Å². The Morgan fingerprint density at radius 1 is 1.26 bits per heavy atom. The van der Waals surface area contributed by atoms with Crippen LogP contribution in [0.2, 0.25) is 0 Å². The molecule has 1 heterocycles. The van der Waals surface area contributed by atoms with E-state index in [0.29, 0.717) is 0 Å². The zero-order valence-corrected chi connectivity index (χ0v) is 13.1. The number of hydrogen-bond donors (Lipinski definition) is 0. The zero-order chi connectivity index (χ0) is 17.2. The Labute approximate surface area is 132 Å². The minimum absolute atomic E-state index is 0.223. The lowest BCUT2D eigenvalue weighted by Crippen LogP contribution is -2.43. The summed E-state index contributed by atoms with van der Waals surface area (Å²) in [6, 6.07) is 5.87. The Bertz CT molecular complexity index is 675. The minimum Gasteiger partial charge on any atom is -0.334 e. The third-order valence-corrected chi connectivity index (χ3v) is 3.45. The van der Waals surface area contributed by atoms with Gasteiger partial charge in [0, 0.05) is 36.6 Å². The first-order valence-electron chi connectivity index (χ1n) is 7.14. The number of alkyl halides is 3. The molecule has 1 aromatic carbocycles. The number of hydrogen-bond acceptors (Lipinski definition) is 2. The first-order valence-corrected chi connectivity index (χ1v) is 7.14. The van der Waals surface area contributed by atoms with Gasteiger partial charge in [-0.3, -0.25) is 4.79 Å². The molecule has 2 rings (SSSR count). The summed E-state index contributed by atoms with van der Waals surface area (Å²) in [5.41, 5.74) is 1.02. The third-order valence-electron chi connectivity index (χ3n) is 3.45. The molecule has 0 aliphatic heterocycles. The first kappa shape index (κ1) is 17.1. The molecule has 124 valence electrons. The van der Waals surface area contributed by atoms with Crippen molar-refractivity contribution in [3.63, 3.8) is 0 Å². The van der Waals surface area contributed by atoms with Crippen LogP contribution in [0.1, 0.15) is 24.2 Å². The number of halogens is 3. The number of aromatic nitrogens is 2. The fourth-order valence-corrected chi connectivity index (χ4v) is 2.25. The summed E-state index contributed by atoms with van der Waals surface area (Å²) in [4.78, 5) is 17.3. The molecule has 4 nitrogen and oxygen atoms in total. The van der Waals surface area contributed by atoms with Crippen LogP contribution < -0.4 is 0 Å². The highest BCUT2D eigenvalue weighted by Gasteiger charge is 2.34. The second-order valence-electron chi connectivity index (χ2n) is 5.58. The normalized spacial score (nSPS) is 11.8. The Morgan fingerprint density at radius 2 is 1.87 bits per heavy atom. The lowest BCUT2D eigenvalue weighted by molar-refractivity contribution is -0.143. The molecule has 23 heavy (non-hydrogen) atoms. The zero-order valence-electron chi connectivity index (χ0n) is 13.1. The van der Waals surface area contributed by atoms with Crippen molar-refractivity contribution in [2.75, 3.05) is 6.54 Å². The molecule has 1 aromatic heterocycles. The van der Waals surface area contributed by atoms with Crippen LogP contribution in [0.4, 0.5) is 13.2 Å². The molecule has 1 amide bonds. The van der Waals surface area contributed by atoms with E-state index in [-0.39, 0.29) is 5.56 Å². The van der Waals surface area contributed by atoms with Gasteiger partial charge in [-0.2, -0.15) is 13.2 Å². The van der Waals surface area contributed by atoms with E-state index in [4.69, 9.17) is 0 Å². The number of amides is 1. The Balaban J connectivity index is 2.23. The lowest BCUT2D eigenvalue weighted by atomic mass is 10.1. The van der Waals surface area contributed by atoms with Gasteiger partial charge in [0.05, 0.1) is 0 Å². The smallest absolute Gasteiger partial charge is 0.334 e. The number of imidazole rings is 1. The summed E-state index contributed by atoms with van der Waals surface area (Å²) >= 11 is 0. The van der Waals surface area contributed by atoms with Crippen molar-refractivity contribution in [3.8, 4) is 11.4 Å². The Morgan fingerprint density at radius 3 is 2.30 bits per heavy atom. The monoisotopic (exact) mass is 325 g/mol. The van der Waals surface area contributed by atoms with Gasteiger partial charge in [-0.1, -0.05) is 12.1 Å². The summed E-state index contributed by atoms with van der Waals surface area (Å²) in [6.07, 6.45) is -0.983. The van der Waals surface area contributed by atoms with Crippen LogP contribution >= 0.6 is 0 Å². The molecule has 0 fully saturated rings. The Kier molecular flexibility index (Phi) is 4.77. The highest BCUT2D eigenvalue weighted by atomic mass is 19.4. The van der Waals surface area contributed by atoms with E-state index in [1.165, 1.54) is 12.1 Å². The standard InChI is InChI=1S/C16H18F3N3O/c1-11(2)22(10-16(17,18)19)15(23)13-6-4-12(5-7-13)14-20-8-9-21(14)3/h4-9,11H,10H2,1-3H3. The van der Waals surface area contributed by atoms with E-state index in [2.05, 4.69) is 4.98 Å². The van der Waals surface area contributed by atoms with Crippen molar-refractivity contribution in [1.82, 2.24) is 14.5 Å². The summed E-state index contributed by atoms with van der Waals surface area (Å²) in [5, 5.41) is 0. The molecule has 0 saturated carbocycles. The van der Waals surface area contributed by atoms with Crippen LogP contribution in [0.25, 0.3) is 11.4 Å². The molecule has 7 heteroatoms. The number of nitrogens with zero attached hydrogens (tertiary/aromatic N) is 3. The summed E-state index contributed by atoms with van der Waals surface area (Å²) in [7, 11) is 1.84. The van der Waals surface area contributed by atoms with Gasteiger partial charge >= 0.3 is 6.18 Å². The average Bonchev–Trinajstić information content (AvgIpc) is 2.89. The third kappa shape index (κ3) is 4.12. The van der Waals surface area contributed by atoms with E-state index in [1.54, 1.807) is 38.4 Å². The number of benzene rings is 1. The molecule has 2 aromatic rings.